The van der Waals surface area contributed by atoms with Crippen LogP contribution in [0.25, 0.3) is 0 Å². The number of halogens is 2. The van der Waals surface area contributed by atoms with Gasteiger partial charge in [0.25, 0.3) is 0 Å². The zero-order chi connectivity index (χ0) is 8.04. The molecule has 0 N–H and O–H groups in total. The van der Waals surface area contributed by atoms with E-state index in [9.17, 15) is 0 Å². The zero-order valence-corrected chi connectivity index (χ0v) is 7.49. The molecule has 0 fully saturated rings. The Labute approximate surface area is 71.7 Å². The molecule has 0 atom stereocenters. The fraction of sp³-hybridized carbons (Fsp3) is 0.571. The normalized spacial score (nSPS) is 12.3. The van der Waals surface area contributed by atoms with Crippen LogP contribution in [0.1, 0.15) is 13.3 Å². The maximum Gasteiger partial charge on any atom is 0.149 e. The van der Waals surface area contributed by atoms with E-state index >= 15 is 0 Å². The molecule has 0 bridgehead atoms. The highest BCUT2D eigenvalue weighted by Crippen LogP contribution is 2.15. The Morgan fingerprint density at radius 2 is 2.20 bits per heavy atom. The van der Waals surface area contributed by atoms with Gasteiger partial charge in [-0.15, -0.1) is 6.58 Å². The summed E-state index contributed by atoms with van der Waals surface area (Å²) in [7, 11) is 0. The first-order valence-electron chi connectivity index (χ1n) is 3.06. The molecule has 0 amide bonds. The van der Waals surface area contributed by atoms with Gasteiger partial charge in [0.2, 0.25) is 0 Å². The summed E-state index contributed by atoms with van der Waals surface area (Å²) in [6, 6.07) is 0. The average molecular weight is 180 g/mol. The molecule has 1 nitrogen and oxygen atoms in total. The van der Waals surface area contributed by atoms with Crippen molar-refractivity contribution in [1.82, 2.24) is 0 Å². The van der Waals surface area contributed by atoms with Crippen LogP contribution in [0.5, 0.6) is 0 Å². The highest BCUT2D eigenvalue weighted by Gasteiger charge is 2.10. The van der Waals surface area contributed by atoms with E-state index in [1.165, 1.54) is 6.21 Å². The third kappa shape index (κ3) is 7.99. The van der Waals surface area contributed by atoms with Crippen molar-refractivity contribution in [3.8, 4) is 0 Å². The van der Waals surface area contributed by atoms with E-state index in [1.807, 2.05) is 0 Å². The van der Waals surface area contributed by atoms with Crippen molar-refractivity contribution in [3.05, 3.63) is 12.7 Å². The highest BCUT2D eigenvalue weighted by molar-refractivity contribution is 6.55. The van der Waals surface area contributed by atoms with E-state index in [1.54, 1.807) is 13.0 Å². The monoisotopic (exact) mass is 179 g/mol. The lowest BCUT2D eigenvalue weighted by Gasteiger charge is -2.03. The first-order valence-corrected chi connectivity index (χ1v) is 3.81. The van der Waals surface area contributed by atoms with E-state index in [4.69, 9.17) is 23.2 Å². The second-order valence-corrected chi connectivity index (χ2v) is 3.83. The first-order chi connectivity index (χ1) is 4.56. The van der Waals surface area contributed by atoms with Crippen molar-refractivity contribution in [2.24, 2.45) is 4.99 Å². The van der Waals surface area contributed by atoms with Crippen LogP contribution >= 0.6 is 23.2 Å². The minimum absolute atomic E-state index is 0.707. The van der Waals surface area contributed by atoms with E-state index in [-0.39, 0.29) is 0 Å². The average Bonchev–Trinajstić information content (AvgIpc) is 1.78. The highest BCUT2D eigenvalue weighted by atomic mass is 35.5. The van der Waals surface area contributed by atoms with Crippen LogP contribution in [0, 0.1) is 0 Å². The van der Waals surface area contributed by atoms with Crippen molar-refractivity contribution in [2.45, 2.75) is 17.7 Å². The Balaban J connectivity index is 3.46. The summed E-state index contributed by atoms with van der Waals surface area (Å²) >= 11 is 11.2. The van der Waals surface area contributed by atoms with Gasteiger partial charge in [0.1, 0.15) is 4.33 Å². The zero-order valence-electron chi connectivity index (χ0n) is 5.98. The summed E-state index contributed by atoms with van der Waals surface area (Å²) in [5.41, 5.74) is 0. The Bertz CT molecular complexity index is 124. The summed E-state index contributed by atoms with van der Waals surface area (Å²) in [6.45, 7) is 5.94. The molecule has 3 heteroatoms. The molecule has 58 valence electrons. The molecule has 0 radical (unpaired) electrons. The fourth-order valence-electron chi connectivity index (χ4n) is 0.391. The van der Waals surface area contributed by atoms with Crippen LogP contribution in [0.2, 0.25) is 0 Å². The molecule has 0 aromatic heterocycles. The van der Waals surface area contributed by atoms with Gasteiger partial charge in [-0.25, -0.2) is 0 Å². The first kappa shape index (κ1) is 9.99. The summed E-state index contributed by atoms with van der Waals surface area (Å²) in [4.78, 5) is 3.97. The Kier molecular flexibility index (Phi) is 4.75. The van der Waals surface area contributed by atoms with Gasteiger partial charge in [-0.3, -0.25) is 4.99 Å². The van der Waals surface area contributed by atoms with E-state index in [0.29, 0.717) is 6.54 Å². The lowest BCUT2D eigenvalue weighted by Crippen LogP contribution is -2.07. The molecule has 0 saturated carbocycles. The lowest BCUT2D eigenvalue weighted by atomic mass is 10.4. The van der Waals surface area contributed by atoms with E-state index < -0.39 is 4.33 Å². The van der Waals surface area contributed by atoms with Gasteiger partial charge in [0.05, 0.1) is 0 Å². The predicted molar refractivity (Wildman–Crippen MR) is 48.3 cm³/mol. The Morgan fingerprint density at radius 1 is 1.60 bits per heavy atom. The van der Waals surface area contributed by atoms with Crippen LogP contribution in [0.15, 0.2) is 17.6 Å². The number of hydrogen-bond donors (Lipinski definition) is 0. The fourth-order valence-corrected chi connectivity index (χ4v) is 0.529. The molecule has 0 aliphatic heterocycles. The van der Waals surface area contributed by atoms with Crippen LogP contribution in [0.3, 0.4) is 0 Å². The molecule has 0 aliphatic rings. The molecule has 0 spiro atoms. The third-order valence-corrected chi connectivity index (χ3v) is 0.975. The van der Waals surface area contributed by atoms with Gasteiger partial charge >= 0.3 is 0 Å². The molecule has 0 heterocycles. The molecule has 0 rings (SSSR count). The predicted octanol–water partition coefficient (Wildman–Crippen LogP) is 2.83. The van der Waals surface area contributed by atoms with Gasteiger partial charge in [-0.1, -0.05) is 29.3 Å². The molecule has 0 unspecified atom stereocenters. The van der Waals surface area contributed by atoms with Gasteiger partial charge in [-0.2, -0.15) is 0 Å². The molecule has 0 saturated heterocycles. The maximum atomic E-state index is 5.60. The summed E-state index contributed by atoms with van der Waals surface area (Å²) in [5.74, 6) is 0. The summed E-state index contributed by atoms with van der Waals surface area (Å²) in [6.07, 6.45) is 4.19. The number of alkyl halides is 2. The number of hydrogen-bond acceptors (Lipinski definition) is 1. The molecule has 0 aliphatic carbocycles. The second-order valence-electron chi connectivity index (χ2n) is 2.07. The number of rotatable bonds is 4. The van der Waals surface area contributed by atoms with Gasteiger partial charge < -0.3 is 0 Å². The van der Waals surface area contributed by atoms with Crippen molar-refractivity contribution >= 4 is 29.4 Å². The minimum Gasteiger partial charge on any atom is -0.294 e. The standard InChI is InChI=1S/C7H11Cl2N/c1-3-4-5-10-6-7(2,8)9/h3,6H,1,4-5H2,2H3. The SMILES string of the molecule is C=CCCN=CC(C)(Cl)Cl. The molecular weight excluding hydrogens is 169 g/mol. The van der Waals surface area contributed by atoms with E-state index in [0.717, 1.165) is 6.42 Å². The third-order valence-electron chi connectivity index (χ3n) is 0.780. The Morgan fingerprint density at radius 3 is 2.60 bits per heavy atom. The minimum atomic E-state index is -0.832. The summed E-state index contributed by atoms with van der Waals surface area (Å²) in [5, 5.41) is 0. The van der Waals surface area contributed by atoms with E-state index in [2.05, 4.69) is 11.6 Å². The maximum absolute atomic E-state index is 5.60. The largest absolute Gasteiger partial charge is 0.294 e. The smallest absolute Gasteiger partial charge is 0.149 e. The quantitative estimate of drug-likeness (QED) is 0.273. The van der Waals surface area contributed by atoms with Crippen molar-refractivity contribution in [2.75, 3.05) is 6.54 Å². The summed E-state index contributed by atoms with van der Waals surface area (Å²) < 4.78 is -0.832. The van der Waals surface area contributed by atoms with Crippen LogP contribution in [-0.4, -0.2) is 17.1 Å². The molecule has 0 aromatic carbocycles. The molecular formula is C7H11Cl2N. The van der Waals surface area contributed by atoms with Crippen LogP contribution in [0.4, 0.5) is 0 Å². The molecule has 0 aromatic rings. The van der Waals surface area contributed by atoms with Crippen molar-refractivity contribution < 1.29 is 0 Å². The lowest BCUT2D eigenvalue weighted by molar-refractivity contribution is 1.00. The van der Waals surface area contributed by atoms with Gasteiger partial charge in [-0.05, 0) is 13.3 Å². The second kappa shape index (κ2) is 4.75. The molecule has 10 heavy (non-hydrogen) atoms. The topological polar surface area (TPSA) is 12.4 Å². The van der Waals surface area contributed by atoms with Crippen LogP contribution < -0.4 is 0 Å². The number of nitrogens with zero attached hydrogens (tertiary/aromatic N) is 1. The van der Waals surface area contributed by atoms with Crippen molar-refractivity contribution in [1.29, 1.82) is 0 Å². The van der Waals surface area contributed by atoms with Crippen LogP contribution in [-0.2, 0) is 0 Å². The van der Waals surface area contributed by atoms with Crippen molar-refractivity contribution in [3.63, 3.8) is 0 Å². The van der Waals surface area contributed by atoms with Gasteiger partial charge in [0.15, 0.2) is 0 Å². The Hall–Kier alpha value is -0.0100. The number of aliphatic imine (C=N–C) groups is 1. The van der Waals surface area contributed by atoms with Gasteiger partial charge in [0, 0.05) is 12.8 Å².